The zero-order valence-electron chi connectivity index (χ0n) is 18.2. The Hall–Kier alpha value is -3.24. The Morgan fingerprint density at radius 2 is 1.56 bits per heavy atom. The maximum atomic E-state index is 12.3. The van der Waals surface area contributed by atoms with E-state index in [-0.39, 0.29) is 10.8 Å². The highest BCUT2D eigenvalue weighted by Gasteiger charge is 2.23. The van der Waals surface area contributed by atoms with Crippen LogP contribution in [-0.2, 0) is 24.3 Å². The second kappa shape index (κ2) is 11.4. The Kier molecular flexibility index (Phi) is 8.91. The number of hydrogen-bond donors (Lipinski definition) is 2. The molecule has 2 amide bonds. The standard InChI is InChI=1S/C22H27N3O6S/c1-4-25(5-2)21(27)17-11-13-18(14-12-17)23-20(26)15-31-22(28)16(3)24-32(29,30)19-9-7-6-8-10-19/h6-14,16,24H,4-5,15H2,1-3H3,(H,23,26)/t16-/m0/s1. The number of nitrogens with one attached hydrogen (secondary N) is 2. The van der Waals surface area contributed by atoms with Crippen molar-refractivity contribution in [1.29, 1.82) is 0 Å². The van der Waals surface area contributed by atoms with Crippen molar-refractivity contribution in [2.24, 2.45) is 0 Å². The monoisotopic (exact) mass is 461 g/mol. The van der Waals surface area contributed by atoms with Gasteiger partial charge in [-0.3, -0.25) is 14.4 Å². The topological polar surface area (TPSA) is 122 Å². The molecule has 0 aliphatic carbocycles. The first-order valence-electron chi connectivity index (χ1n) is 10.1. The Bertz CT molecular complexity index is 1040. The SMILES string of the molecule is CCN(CC)C(=O)c1ccc(NC(=O)COC(=O)[C@H](C)NS(=O)(=O)c2ccccc2)cc1. The normalized spacial score (nSPS) is 12.0. The number of anilines is 1. The van der Waals surface area contributed by atoms with Gasteiger partial charge in [0.05, 0.1) is 4.90 Å². The molecule has 2 rings (SSSR count). The summed E-state index contributed by atoms with van der Waals surface area (Å²) in [6.45, 7) is 5.72. The van der Waals surface area contributed by atoms with Gasteiger partial charge in [0.1, 0.15) is 6.04 Å². The van der Waals surface area contributed by atoms with Crippen LogP contribution in [0.3, 0.4) is 0 Å². The lowest BCUT2D eigenvalue weighted by Gasteiger charge is -2.18. The lowest BCUT2D eigenvalue weighted by molar-refractivity contribution is -0.148. The molecule has 0 radical (unpaired) electrons. The van der Waals surface area contributed by atoms with Gasteiger partial charge in [0.15, 0.2) is 6.61 Å². The van der Waals surface area contributed by atoms with Gasteiger partial charge in [-0.2, -0.15) is 4.72 Å². The number of carbonyl (C=O) groups is 3. The third kappa shape index (κ3) is 6.89. The molecule has 2 N–H and O–H groups in total. The fourth-order valence-corrected chi connectivity index (χ4v) is 4.01. The maximum Gasteiger partial charge on any atom is 0.324 e. The largest absolute Gasteiger partial charge is 0.454 e. The van der Waals surface area contributed by atoms with E-state index in [1.54, 1.807) is 47.4 Å². The van der Waals surface area contributed by atoms with Crippen LogP contribution in [0.1, 0.15) is 31.1 Å². The van der Waals surface area contributed by atoms with Crippen molar-refractivity contribution in [3.05, 3.63) is 60.2 Å². The van der Waals surface area contributed by atoms with E-state index in [1.165, 1.54) is 19.1 Å². The number of carbonyl (C=O) groups excluding carboxylic acids is 3. The van der Waals surface area contributed by atoms with Crippen molar-refractivity contribution < 1.29 is 27.5 Å². The summed E-state index contributed by atoms with van der Waals surface area (Å²) in [4.78, 5) is 38.1. The number of nitrogens with zero attached hydrogens (tertiary/aromatic N) is 1. The molecular weight excluding hydrogens is 434 g/mol. The molecule has 32 heavy (non-hydrogen) atoms. The molecule has 172 valence electrons. The van der Waals surface area contributed by atoms with Crippen molar-refractivity contribution >= 4 is 33.5 Å². The molecule has 0 bridgehead atoms. The van der Waals surface area contributed by atoms with E-state index in [2.05, 4.69) is 10.0 Å². The van der Waals surface area contributed by atoms with Crippen LogP contribution in [0.2, 0.25) is 0 Å². The number of hydrogen-bond acceptors (Lipinski definition) is 6. The van der Waals surface area contributed by atoms with Crippen LogP contribution >= 0.6 is 0 Å². The highest BCUT2D eigenvalue weighted by Crippen LogP contribution is 2.12. The third-order valence-corrected chi connectivity index (χ3v) is 6.11. The summed E-state index contributed by atoms with van der Waals surface area (Å²) < 4.78 is 31.6. The number of amides is 2. The first-order valence-corrected chi connectivity index (χ1v) is 11.6. The van der Waals surface area contributed by atoms with E-state index >= 15 is 0 Å². The smallest absolute Gasteiger partial charge is 0.324 e. The first-order chi connectivity index (χ1) is 15.2. The molecule has 9 nitrogen and oxygen atoms in total. The van der Waals surface area contributed by atoms with E-state index in [9.17, 15) is 22.8 Å². The van der Waals surface area contributed by atoms with Crippen LogP contribution in [0.5, 0.6) is 0 Å². The van der Waals surface area contributed by atoms with Gasteiger partial charge in [-0.05, 0) is 57.2 Å². The molecule has 2 aromatic rings. The predicted molar refractivity (Wildman–Crippen MR) is 120 cm³/mol. The Morgan fingerprint density at radius 1 is 0.969 bits per heavy atom. The summed E-state index contributed by atoms with van der Waals surface area (Å²) in [6, 6.07) is 12.8. The summed E-state index contributed by atoms with van der Waals surface area (Å²) >= 11 is 0. The molecule has 10 heteroatoms. The minimum Gasteiger partial charge on any atom is -0.454 e. The second-order valence-electron chi connectivity index (χ2n) is 6.87. The van der Waals surface area contributed by atoms with Gasteiger partial charge in [0, 0.05) is 24.3 Å². The molecule has 0 unspecified atom stereocenters. The molecule has 0 aromatic heterocycles. The quantitative estimate of drug-likeness (QED) is 0.522. The summed E-state index contributed by atoms with van der Waals surface area (Å²) in [5, 5.41) is 2.55. The van der Waals surface area contributed by atoms with E-state index in [0.717, 1.165) is 0 Å². The lowest BCUT2D eigenvalue weighted by Crippen LogP contribution is -2.40. The van der Waals surface area contributed by atoms with Crippen LogP contribution in [-0.4, -0.2) is 56.8 Å². The van der Waals surface area contributed by atoms with Gasteiger partial charge < -0.3 is 15.0 Å². The number of ether oxygens (including phenoxy) is 1. The highest BCUT2D eigenvalue weighted by molar-refractivity contribution is 7.89. The Labute approximate surface area is 187 Å². The summed E-state index contributed by atoms with van der Waals surface area (Å²) in [5.41, 5.74) is 0.928. The minimum absolute atomic E-state index is 0.0142. The van der Waals surface area contributed by atoms with Gasteiger partial charge in [0.2, 0.25) is 10.0 Å². The summed E-state index contributed by atoms with van der Waals surface area (Å²) in [5.74, 6) is -1.59. The molecule has 0 fully saturated rings. The minimum atomic E-state index is -3.90. The number of sulfonamides is 1. The fraction of sp³-hybridized carbons (Fsp3) is 0.318. The van der Waals surface area contributed by atoms with Gasteiger partial charge in [-0.1, -0.05) is 18.2 Å². The molecule has 0 heterocycles. The Balaban J connectivity index is 1.86. The molecule has 2 aromatic carbocycles. The zero-order valence-corrected chi connectivity index (χ0v) is 19.0. The predicted octanol–water partition coefficient (Wildman–Crippen LogP) is 2.02. The number of benzene rings is 2. The van der Waals surface area contributed by atoms with Gasteiger partial charge >= 0.3 is 5.97 Å². The fourth-order valence-electron chi connectivity index (χ4n) is 2.80. The van der Waals surface area contributed by atoms with Crippen molar-refractivity contribution in [2.45, 2.75) is 31.7 Å². The van der Waals surface area contributed by atoms with E-state index < -0.39 is 34.5 Å². The van der Waals surface area contributed by atoms with Gasteiger partial charge in [0.25, 0.3) is 11.8 Å². The molecule has 0 spiro atoms. The van der Waals surface area contributed by atoms with Crippen LogP contribution < -0.4 is 10.0 Å². The molecule has 0 aliphatic heterocycles. The van der Waals surface area contributed by atoms with Crippen LogP contribution in [0.25, 0.3) is 0 Å². The average molecular weight is 462 g/mol. The summed E-state index contributed by atoms with van der Waals surface area (Å²) in [6.07, 6.45) is 0. The van der Waals surface area contributed by atoms with Crippen molar-refractivity contribution in [3.63, 3.8) is 0 Å². The molecular formula is C22H27N3O6S. The molecule has 0 saturated carbocycles. The first kappa shape index (κ1) is 25.0. The van der Waals surface area contributed by atoms with Gasteiger partial charge in [-0.15, -0.1) is 0 Å². The van der Waals surface area contributed by atoms with Gasteiger partial charge in [-0.25, -0.2) is 8.42 Å². The van der Waals surface area contributed by atoms with E-state index in [0.29, 0.717) is 24.3 Å². The van der Waals surface area contributed by atoms with E-state index in [1.807, 2.05) is 13.8 Å². The van der Waals surface area contributed by atoms with E-state index in [4.69, 9.17) is 4.74 Å². The van der Waals surface area contributed by atoms with Crippen LogP contribution in [0.4, 0.5) is 5.69 Å². The third-order valence-electron chi connectivity index (χ3n) is 4.55. The second-order valence-corrected chi connectivity index (χ2v) is 8.58. The van der Waals surface area contributed by atoms with Crippen molar-refractivity contribution in [3.8, 4) is 0 Å². The number of rotatable bonds is 10. The van der Waals surface area contributed by atoms with Crippen LogP contribution in [0.15, 0.2) is 59.5 Å². The molecule has 1 atom stereocenters. The number of esters is 1. The van der Waals surface area contributed by atoms with Crippen molar-refractivity contribution in [1.82, 2.24) is 9.62 Å². The zero-order chi connectivity index (χ0) is 23.7. The van der Waals surface area contributed by atoms with Crippen molar-refractivity contribution in [2.75, 3.05) is 25.0 Å². The summed E-state index contributed by atoms with van der Waals surface area (Å²) in [7, 11) is -3.90. The van der Waals surface area contributed by atoms with Crippen LogP contribution in [0, 0.1) is 0 Å². The lowest BCUT2D eigenvalue weighted by atomic mass is 10.2. The maximum absolute atomic E-state index is 12.3. The molecule has 0 saturated heterocycles. The molecule has 0 aliphatic rings. The average Bonchev–Trinajstić information content (AvgIpc) is 2.79. The highest BCUT2D eigenvalue weighted by atomic mass is 32.2. The Morgan fingerprint density at radius 3 is 2.12 bits per heavy atom.